The average molecular weight is 285 g/mol. The molecule has 0 fully saturated rings. The van der Waals surface area contributed by atoms with E-state index in [0.717, 1.165) is 17.9 Å². The van der Waals surface area contributed by atoms with Crippen molar-refractivity contribution in [3.8, 4) is 0 Å². The molecule has 0 spiro atoms. The smallest absolute Gasteiger partial charge is 0.412 e. The van der Waals surface area contributed by atoms with Crippen LogP contribution in [0.2, 0.25) is 0 Å². The Labute approximate surface area is 124 Å². The summed E-state index contributed by atoms with van der Waals surface area (Å²) in [5.74, 6) is 0.473. The molecule has 0 radical (unpaired) electrons. The van der Waals surface area contributed by atoms with Crippen molar-refractivity contribution in [3.05, 3.63) is 48.7 Å². The largest absolute Gasteiger partial charge is 0.450 e. The van der Waals surface area contributed by atoms with Crippen molar-refractivity contribution in [2.75, 3.05) is 23.4 Å². The zero-order chi connectivity index (χ0) is 15.1. The number of nitrogens with one attached hydrogen (secondary N) is 1. The van der Waals surface area contributed by atoms with E-state index in [-0.39, 0.29) is 0 Å². The van der Waals surface area contributed by atoms with Crippen LogP contribution in [-0.2, 0) is 4.74 Å². The van der Waals surface area contributed by atoms with Crippen LogP contribution in [0.5, 0.6) is 0 Å². The van der Waals surface area contributed by atoms with Crippen LogP contribution in [0.15, 0.2) is 48.7 Å². The monoisotopic (exact) mass is 285 g/mol. The summed E-state index contributed by atoms with van der Waals surface area (Å²) < 4.78 is 4.81. The summed E-state index contributed by atoms with van der Waals surface area (Å²) in [7, 11) is 0. The Balaban J connectivity index is 2.12. The van der Waals surface area contributed by atoms with Gasteiger partial charge >= 0.3 is 6.09 Å². The number of hydrogen-bond acceptors (Lipinski definition) is 4. The summed E-state index contributed by atoms with van der Waals surface area (Å²) in [6.45, 7) is 5.00. The van der Waals surface area contributed by atoms with E-state index < -0.39 is 6.09 Å². The first-order chi connectivity index (χ1) is 10.2. The lowest BCUT2D eigenvalue weighted by Crippen LogP contribution is -2.17. The highest BCUT2D eigenvalue weighted by Crippen LogP contribution is 2.24. The second kappa shape index (κ2) is 7.28. The Morgan fingerprint density at radius 3 is 2.48 bits per heavy atom. The maximum atomic E-state index is 11.3. The van der Waals surface area contributed by atoms with Crippen molar-refractivity contribution < 1.29 is 9.53 Å². The fraction of sp³-hybridized carbons (Fsp3) is 0.250. The molecule has 2 aromatic rings. The number of pyridine rings is 1. The molecule has 1 amide bonds. The Morgan fingerprint density at radius 2 is 1.90 bits per heavy atom. The summed E-state index contributed by atoms with van der Waals surface area (Å²) in [5, 5.41) is 2.58. The third-order valence-corrected chi connectivity index (χ3v) is 2.95. The van der Waals surface area contributed by atoms with E-state index in [4.69, 9.17) is 4.74 Å². The molecule has 1 aromatic carbocycles. The van der Waals surface area contributed by atoms with Gasteiger partial charge in [0, 0.05) is 12.2 Å². The van der Waals surface area contributed by atoms with E-state index in [9.17, 15) is 4.79 Å². The predicted molar refractivity (Wildman–Crippen MR) is 84.0 cm³/mol. The fourth-order valence-electron chi connectivity index (χ4n) is 2.01. The second-order valence-electron chi connectivity index (χ2n) is 4.33. The lowest BCUT2D eigenvalue weighted by Gasteiger charge is -2.23. The van der Waals surface area contributed by atoms with E-state index in [2.05, 4.69) is 22.1 Å². The van der Waals surface area contributed by atoms with Crippen LogP contribution in [0.1, 0.15) is 13.8 Å². The molecule has 5 heteroatoms. The van der Waals surface area contributed by atoms with Crippen molar-refractivity contribution >= 4 is 23.3 Å². The van der Waals surface area contributed by atoms with Crippen molar-refractivity contribution in [3.63, 3.8) is 0 Å². The summed E-state index contributed by atoms with van der Waals surface area (Å²) in [5.41, 5.74) is 2.08. The fourth-order valence-corrected chi connectivity index (χ4v) is 2.01. The van der Waals surface area contributed by atoms with Crippen LogP contribution in [0.4, 0.5) is 22.0 Å². The molecule has 0 bridgehead atoms. The molecule has 1 heterocycles. The number of hydrogen-bond donors (Lipinski definition) is 1. The summed E-state index contributed by atoms with van der Waals surface area (Å²) in [6.07, 6.45) is 1.24. The number of para-hydroxylation sites is 1. The van der Waals surface area contributed by atoms with Crippen LogP contribution >= 0.6 is 0 Å². The molecule has 0 aliphatic rings. The second-order valence-corrected chi connectivity index (χ2v) is 4.33. The number of carbonyl (C=O) groups excluding carboxylic acids is 1. The van der Waals surface area contributed by atoms with E-state index in [1.54, 1.807) is 19.2 Å². The van der Waals surface area contributed by atoms with Gasteiger partial charge in [-0.05, 0) is 38.1 Å². The van der Waals surface area contributed by atoms with E-state index in [0.29, 0.717) is 12.4 Å². The van der Waals surface area contributed by atoms with Crippen molar-refractivity contribution in [1.29, 1.82) is 0 Å². The van der Waals surface area contributed by atoms with Gasteiger partial charge in [0.1, 0.15) is 5.82 Å². The number of anilines is 3. The number of rotatable bonds is 5. The first-order valence-corrected chi connectivity index (χ1v) is 6.97. The highest BCUT2D eigenvalue weighted by molar-refractivity contribution is 5.83. The van der Waals surface area contributed by atoms with Gasteiger partial charge in [-0.1, -0.05) is 18.2 Å². The molecule has 0 saturated heterocycles. The lowest BCUT2D eigenvalue weighted by atomic mass is 10.2. The molecule has 21 heavy (non-hydrogen) atoms. The zero-order valence-electron chi connectivity index (χ0n) is 12.2. The van der Waals surface area contributed by atoms with Gasteiger partial charge in [0.15, 0.2) is 0 Å². The molecule has 0 unspecified atom stereocenters. The molecule has 0 atom stereocenters. The highest BCUT2D eigenvalue weighted by Gasteiger charge is 2.08. The SMILES string of the molecule is CCOC(=O)Nc1ccc(N(CC)c2ccccc2)cn1. The average Bonchev–Trinajstić information content (AvgIpc) is 2.51. The number of benzene rings is 1. The maximum absolute atomic E-state index is 11.3. The van der Waals surface area contributed by atoms with Crippen LogP contribution in [0.25, 0.3) is 0 Å². The minimum atomic E-state index is -0.492. The van der Waals surface area contributed by atoms with Gasteiger partial charge in [0.25, 0.3) is 0 Å². The van der Waals surface area contributed by atoms with Crippen molar-refractivity contribution in [1.82, 2.24) is 4.98 Å². The molecule has 0 aliphatic heterocycles. The first-order valence-electron chi connectivity index (χ1n) is 6.97. The molecular formula is C16H19N3O2. The Morgan fingerprint density at radius 1 is 1.14 bits per heavy atom. The molecule has 1 aromatic heterocycles. The van der Waals surface area contributed by atoms with Crippen LogP contribution in [-0.4, -0.2) is 24.2 Å². The molecule has 2 rings (SSSR count). The third kappa shape index (κ3) is 3.95. The van der Waals surface area contributed by atoms with Gasteiger partial charge in [0.05, 0.1) is 18.5 Å². The third-order valence-electron chi connectivity index (χ3n) is 2.95. The van der Waals surface area contributed by atoms with Gasteiger partial charge in [-0.15, -0.1) is 0 Å². The summed E-state index contributed by atoms with van der Waals surface area (Å²) in [4.78, 5) is 17.7. The quantitative estimate of drug-likeness (QED) is 0.907. The van der Waals surface area contributed by atoms with E-state index >= 15 is 0 Å². The number of aromatic nitrogens is 1. The van der Waals surface area contributed by atoms with Crippen LogP contribution in [0.3, 0.4) is 0 Å². The Hall–Kier alpha value is -2.56. The summed E-state index contributed by atoms with van der Waals surface area (Å²) >= 11 is 0. The number of amides is 1. The van der Waals surface area contributed by atoms with Gasteiger partial charge in [-0.2, -0.15) is 0 Å². The summed E-state index contributed by atoms with van der Waals surface area (Å²) in [6, 6.07) is 13.8. The van der Waals surface area contributed by atoms with Crippen LogP contribution < -0.4 is 10.2 Å². The molecule has 110 valence electrons. The minimum absolute atomic E-state index is 0.335. The van der Waals surface area contributed by atoms with E-state index in [1.807, 2.05) is 36.4 Å². The molecule has 1 N–H and O–H groups in total. The minimum Gasteiger partial charge on any atom is -0.450 e. The number of nitrogens with zero attached hydrogens (tertiary/aromatic N) is 2. The van der Waals surface area contributed by atoms with Crippen LogP contribution in [0, 0.1) is 0 Å². The van der Waals surface area contributed by atoms with Gasteiger partial charge in [0.2, 0.25) is 0 Å². The Kier molecular flexibility index (Phi) is 5.15. The normalized spacial score (nSPS) is 10.0. The maximum Gasteiger partial charge on any atom is 0.412 e. The lowest BCUT2D eigenvalue weighted by molar-refractivity contribution is 0.168. The van der Waals surface area contributed by atoms with Gasteiger partial charge in [-0.3, -0.25) is 5.32 Å². The predicted octanol–water partition coefficient (Wildman–Crippen LogP) is 3.81. The van der Waals surface area contributed by atoms with Crippen molar-refractivity contribution in [2.24, 2.45) is 0 Å². The number of ether oxygens (including phenoxy) is 1. The molecule has 0 saturated carbocycles. The molecule has 0 aliphatic carbocycles. The zero-order valence-corrected chi connectivity index (χ0v) is 12.2. The first kappa shape index (κ1) is 14.8. The van der Waals surface area contributed by atoms with Gasteiger partial charge < -0.3 is 9.64 Å². The number of carbonyl (C=O) groups is 1. The highest BCUT2D eigenvalue weighted by atomic mass is 16.5. The molecule has 5 nitrogen and oxygen atoms in total. The van der Waals surface area contributed by atoms with Gasteiger partial charge in [-0.25, -0.2) is 9.78 Å². The topological polar surface area (TPSA) is 54.5 Å². The standard InChI is InChI=1S/C16H19N3O2/c1-3-19(13-8-6-5-7-9-13)14-10-11-15(17-12-14)18-16(20)21-4-2/h5-12H,3-4H2,1-2H3,(H,17,18,20). The Bertz CT molecular complexity index is 570. The van der Waals surface area contributed by atoms with Crippen molar-refractivity contribution in [2.45, 2.75) is 13.8 Å². The molecular weight excluding hydrogens is 266 g/mol. The van der Waals surface area contributed by atoms with E-state index in [1.165, 1.54) is 0 Å².